The van der Waals surface area contributed by atoms with Crippen LogP contribution in [0.5, 0.6) is 5.75 Å². The second kappa shape index (κ2) is 5.30. The molecule has 4 heteroatoms. The number of hydrogen-bond donors (Lipinski definition) is 1. The molecule has 0 unspecified atom stereocenters. The van der Waals surface area contributed by atoms with E-state index < -0.39 is 5.97 Å². The van der Waals surface area contributed by atoms with Gasteiger partial charge in [0, 0.05) is 6.42 Å². The molecule has 86 valence electrons. The van der Waals surface area contributed by atoms with E-state index in [1.165, 1.54) is 13.2 Å². The summed E-state index contributed by atoms with van der Waals surface area (Å²) in [6.07, 6.45) is 0.0758. The molecule has 0 aliphatic heterocycles. The molecule has 16 heavy (non-hydrogen) atoms. The quantitative estimate of drug-likeness (QED) is 0.623. The molecule has 1 rings (SSSR count). The SMILES string of the molecule is COC(=O)CCC(=O)c1cc(C)ccc1O. The standard InChI is InChI=1S/C12H14O4/c1-8-3-4-10(13)9(7-8)11(14)5-6-12(15)16-2/h3-4,7,13H,5-6H2,1-2H3. The van der Waals surface area contributed by atoms with Crippen molar-refractivity contribution in [2.24, 2.45) is 0 Å². The van der Waals surface area contributed by atoms with Crippen molar-refractivity contribution in [3.05, 3.63) is 29.3 Å². The second-order valence-electron chi connectivity index (χ2n) is 3.52. The van der Waals surface area contributed by atoms with E-state index in [0.29, 0.717) is 0 Å². The lowest BCUT2D eigenvalue weighted by Gasteiger charge is -2.04. The summed E-state index contributed by atoms with van der Waals surface area (Å²) in [6.45, 7) is 1.83. The van der Waals surface area contributed by atoms with E-state index in [1.54, 1.807) is 12.1 Å². The third-order valence-corrected chi connectivity index (χ3v) is 2.24. The van der Waals surface area contributed by atoms with Crippen molar-refractivity contribution in [1.29, 1.82) is 0 Å². The van der Waals surface area contributed by atoms with E-state index in [4.69, 9.17) is 0 Å². The fraction of sp³-hybridized carbons (Fsp3) is 0.333. The predicted molar refractivity (Wildman–Crippen MR) is 58.4 cm³/mol. The number of aryl methyl sites for hydroxylation is 1. The van der Waals surface area contributed by atoms with Crippen LogP contribution in [0.1, 0.15) is 28.8 Å². The van der Waals surface area contributed by atoms with Crippen LogP contribution in [-0.4, -0.2) is 24.0 Å². The number of aromatic hydroxyl groups is 1. The number of esters is 1. The molecular weight excluding hydrogens is 208 g/mol. The summed E-state index contributed by atoms with van der Waals surface area (Å²) in [4.78, 5) is 22.5. The van der Waals surface area contributed by atoms with Gasteiger partial charge in [0.2, 0.25) is 0 Å². The van der Waals surface area contributed by atoms with Gasteiger partial charge in [0.05, 0.1) is 19.1 Å². The molecule has 0 bridgehead atoms. The highest BCUT2D eigenvalue weighted by atomic mass is 16.5. The number of phenols is 1. The first-order chi connectivity index (χ1) is 7.54. The highest BCUT2D eigenvalue weighted by Crippen LogP contribution is 2.20. The number of rotatable bonds is 4. The summed E-state index contributed by atoms with van der Waals surface area (Å²) in [5, 5.41) is 9.49. The van der Waals surface area contributed by atoms with Crippen molar-refractivity contribution in [1.82, 2.24) is 0 Å². The molecule has 0 saturated heterocycles. The van der Waals surface area contributed by atoms with Crippen molar-refractivity contribution in [3.63, 3.8) is 0 Å². The summed E-state index contributed by atoms with van der Waals surface area (Å²) in [6, 6.07) is 4.79. The van der Waals surface area contributed by atoms with Crippen LogP contribution in [0.25, 0.3) is 0 Å². The van der Waals surface area contributed by atoms with Gasteiger partial charge in [-0.15, -0.1) is 0 Å². The van der Waals surface area contributed by atoms with E-state index in [2.05, 4.69) is 4.74 Å². The van der Waals surface area contributed by atoms with E-state index in [9.17, 15) is 14.7 Å². The van der Waals surface area contributed by atoms with Gasteiger partial charge in [-0.25, -0.2) is 0 Å². The number of ether oxygens (including phenoxy) is 1. The largest absolute Gasteiger partial charge is 0.507 e. The Morgan fingerprint density at radius 3 is 2.62 bits per heavy atom. The first kappa shape index (κ1) is 12.2. The molecule has 1 aromatic carbocycles. The number of Topliss-reactive ketones (excluding diaryl/α,β-unsaturated/α-hetero) is 1. The number of phenolic OH excluding ortho intramolecular Hbond substituents is 1. The van der Waals surface area contributed by atoms with E-state index >= 15 is 0 Å². The lowest BCUT2D eigenvalue weighted by Crippen LogP contribution is -2.06. The number of carbonyl (C=O) groups excluding carboxylic acids is 2. The summed E-state index contributed by atoms with van der Waals surface area (Å²) in [5.74, 6) is -0.743. The Bertz CT molecular complexity index is 409. The smallest absolute Gasteiger partial charge is 0.305 e. The molecule has 0 aromatic heterocycles. The molecule has 0 heterocycles. The summed E-state index contributed by atoms with van der Waals surface area (Å²) in [7, 11) is 1.27. The summed E-state index contributed by atoms with van der Waals surface area (Å²) < 4.78 is 4.44. The van der Waals surface area contributed by atoms with Gasteiger partial charge in [0.1, 0.15) is 5.75 Å². The Balaban J connectivity index is 2.73. The maximum atomic E-state index is 11.7. The van der Waals surface area contributed by atoms with Gasteiger partial charge in [0.25, 0.3) is 0 Å². The highest BCUT2D eigenvalue weighted by molar-refractivity contribution is 5.99. The molecule has 0 radical (unpaired) electrons. The number of methoxy groups -OCH3 is 1. The van der Waals surface area contributed by atoms with Crippen LogP contribution in [0.2, 0.25) is 0 Å². The van der Waals surface area contributed by atoms with Crippen LogP contribution in [0.3, 0.4) is 0 Å². The van der Waals surface area contributed by atoms with Crippen LogP contribution >= 0.6 is 0 Å². The van der Waals surface area contributed by atoms with Gasteiger partial charge < -0.3 is 9.84 Å². The highest BCUT2D eigenvalue weighted by Gasteiger charge is 2.13. The number of carbonyl (C=O) groups is 2. The van der Waals surface area contributed by atoms with Crippen molar-refractivity contribution in [3.8, 4) is 5.75 Å². The molecule has 1 aromatic rings. The van der Waals surface area contributed by atoms with Crippen molar-refractivity contribution in [2.75, 3.05) is 7.11 Å². The Kier molecular flexibility index (Phi) is 4.05. The van der Waals surface area contributed by atoms with Crippen LogP contribution in [0.15, 0.2) is 18.2 Å². The van der Waals surface area contributed by atoms with Crippen molar-refractivity contribution in [2.45, 2.75) is 19.8 Å². The minimum atomic E-state index is -0.430. The monoisotopic (exact) mass is 222 g/mol. The third-order valence-electron chi connectivity index (χ3n) is 2.24. The molecule has 0 aliphatic carbocycles. The van der Waals surface area contributed by atoms with Crippen molar-refractivity contribution < 1.29 is 19.4 Å². The van der Waals surface area contributed by atoms with Gasteiger partial charge in [-0.05, 0) is 19.1 Å². The third kappa shape index (κ3) is 3.08. The Morgan fingerprint density at radius 1 is 1.31 bits per heavy atom. The van der Waals surface area contributed by atoms with Gasteiger partial charge in [-0.1, -0.05) is 11.6 Å². The maximum Gasteiger partial charge on any atom is 0.305 e. The summed E-state index contributed by atoms with van der Waals surface area (Å²) in [5.41, 5.74) is 1.14. The second-order valence-corrected chi connectivity index (χ2v) is 3.52. The Morgan fingerprint density at radius 2 is 2.00 bits per heavy atom. The molecule has 0 fully saturated rings. The normalized spacial score (nSPS) is 9.88. The Labute approximate surface area is 93.9 Å². The molecule has 0 saturated carbocycles. The molecule has 0 amide bonds. The molecule has 0 spiro atoms. The van der Waals surface area contributed by atoms with E-state index in [0.717, 1.165) is 5.56 Å². The lowest BCUT2D eigenvalue weighted by molar-refractivity contribution is -0.140. The number of hydrogen-bond acceptors (Lipinski definition) is 4. The minimum absolute atomic E-state index is 0.0305. The van der Waals surface area contributed by atoms with Crippen LogP contribution in [0, 0.1) is 6.92 Å². The first-order valence-corrected chi connectivity index (χ1v) is 4.94. The molecular formula is C12H14O4. The molecule has 0 aliphatic rings. The molecule has 4 nitrogen and oxygen atoms in total. The lowest BCUT2D eigenvalue weighted by atomic mass is 10.0. The van der Waals surface area contributed by atoms with Gasteiger partial charge in [-0.3, -0.25) is 9.59 Å². The molecule has 1 N–H and O–H groups in total. The van der Waals surface area contributed by atoms with Crippen LogP contribution in [-0.2, 0) is 9.53 Å². The van der Waals surface area contributed by atoms with E-state index in [1.807, 2.05) is 6.92 Å². The van der Waals surface area contributed by atoms with E-state index in [-0.39, 0.29) is 29.9 Å². The topological polar surface area (TPSA) is 63.6 Å². The average molecular weight is 222 g/mol. The zero-order valence-corrected chi connectivity index (χ0v) is 9.32. The predicted octanol–water partition coefficient (Wildman–Crippen LogP) is 1.84. The van der Waals surface area contributed by atoms with Gasteiger partial charge in [0.15, 0.2) is 5.78 Å². The Hall–Kier alpha value is -1.84. The minimum Gasteiger partial charge on any atom is -0.507 e. The average Bonchev–Trinajstić information content (AvgIpc) is 2.28. The first-order valence-electron chi connectivity index (χ1n) is 4.94. The number of ketones is 1. The van der Waals surface area contributed by atoms with Crippen molar-refractivity contribution >= 4 is 11.8 Å². The number of benzene rings is 1. The zero-order chi connectivity index (χ0) is 12.1. The van der Waals surface area contributed by atoms with Crippen LogP contribution in [0.4, 0.5) is 0 Å². The zero-order valence-electron chi connectivity index (χ0n) is 9.32. The van der Waals surface area contributed by atoms with Gasteiger partial charge in [-0.2, -0.15) is 0 Å². The summed E-state index contributed by atoms with van der Waals surface area (Å²) >= 11 is 0. The fourth-order valence-corrected chi connectivity index (χ4v) is 1.33. The fourth-order valence-electron chi connectivity index (χ4n) is 1.33. The van der Waals surface area contributed by atoms with Crippen LogP contribution < -0.4 is 0 Å². The van der Waals surface area contributed by atoms with Gasteiger partial charge >= 0.3 is 5.97 Å². The maximum absolute atomic E-state index is 11.7. The molecule has 0 atom stereocenters.